The van der Waals surface area contributed by atoms with Gasteiger partial charge in [-0.15, -0.1) is 0 Å². The molecule has 0 spiro atoms. The zero-order valence-electron chi connectivity index (χ0n) is 13.3. The lowest BCUT2D eigenvalue weighted by Crippen LogP contribution is -2.09. The average Bonchev–Trinajstić information content (AvgIpc) is 3.17. The van der Waals surface area contributed by atoms with Crippen molar-refractivity contribution in [3.8, 4) is 17.3 Å². The van der Waals surface area contributed by atoms with Crippen LogP contribution in [0.3, 0.4) is 0 Å². The van der Waals surface area contributed by atoms with Gasteiger partial charge in [0.15, 0.2) is 16.9 Å². The van der Waals surface area contributed by atoms with Gasteiger partial charge in [-0.2, -0.15) is 0 Å². The van der Waals surface area contributed by atoms with Crippen LogP contribution in [0.15, 0.2) is 85.0 Å². The topological polar surface area (TPSA) is 69.7 Å². The van der Waals surface area contributed by atoms with Crippen LogP contribution >= 0.6 is 15.9 Å². The number of esters is 1. The van der Waals surface area contributed by atoms with Gasteiger partial charge < -0.3 is 13.6 Å². The Balaban J connectivity index is 1.68. The van der Waals surface area contributed by atoms with E-state index in [0.717, 1.165) is 4.47 Å². The molecule has 0 fully saturated rings. The van der Waals surface area contributed by atoms with Gasteiger partial charge in [0.25, 0.3) is 0 Å². The minimum Gasteiger partial charge on any atom is -0.461 e. The van der Waals surface area contributed by atoms with Crippen LogP contribution in [0.2, 0.25) is 0 Å². The molecule has 0 aliphatic carbocycles. The Hall–Kier alpha value is -3.12. The molecule has 0 aliphatic rings. The number of halogens is 1. The van der Waals surface area contributed by atoms with E-state index in [0.29, 0.717) is 28.1 Å². The SMILES string of the molecule is O=C(Oc1ccc2oc(-c3ccco3)cc(=O)c2c1)c1cccc(Br)c1. The lowest BCUT2D eigenvalue weighted by molar-refractivity contribution is 0.0735. The van der Waals surface area contributed by atoms with E-state index in [2.05, 4.69) is 15.9 Å². The van der Waals surface area contributed by atoms with Gasteiger partial charge in [-0.3, -0.25) is 4.79 Å². The summed E-state index contributed by atoms with van der Waals surface area (Å²) in [6, 6.07) is 16.3. The van der Waals surface area contributed by atoms with Crippen molar-refractivity contribution >= 4 is 32.9 Å². The lowest BCUT2D eigenvalue weighted by Gasteiger charge is -2.06. The highest BCUT2D eigenvalue weighted by atomic mass is 79.9. The molecule has 4 aromatic rings. The summed E-state index contributed by atoms with van der Waals surface area (Å²) in [5.74, 6) is 0.559. The molecule has 0 aliphatic heterocycles. The van der Waals surface area contributed by atoms with Crippen molar-refractivity contribution in [3.63, 3.8) is 0 Å². The van der Waals surface area contributed by atoms with E-state index in [1.54, 1.807) is 42.5 Å². The van der Waals surface area contributed by atoms with Crippen LogP contribution in [0.25, 0.3) is 22.5 Å². The number of rotatable bonds is 3. The van der Waals surface area contributed by atoms with Gasteiger partial charge in [0.1, 0.15) is 11.3 Å². The normalized spacial score (nSPS) is 10.8. The lowest BCUT2D eigenvalue weighted by atomic mass is 10.2. The number of ether oxygens (including phenoxy) is 1. The molecule has 0 saturated carbocycles. The quantitative estimate of drug-likeness (QED) is 0.349. The first kappa shape index (κ1) is 16.4. The summed E-state index contributed by atoms with van der Waals surface area (Å²) in [5.41, 5.74) is 0.531. The number of furan rings is 1. The van der Waals surface area contributed by atoms with Crippen molar-refractivity contribution in [3.05, 3.63) is 87.2 Å². The van der Waals surface area contributed by atoms with E-state index in [1.807, 2.05) is 6.07 Å². The third-order valence-corrected chi connectivity index (χ3v) is 4.23. The highest BCUT2D eigenvalue weighted by molar-refractivity contribution is 9.10. The zero-order chi connectivity index (χ0) is 18.1. The first-order valence-corrected chi connectivity index (χ1v) is 8.49. The number of hydrogen-bond donors (Lipinski definition) is 0. The Morgan fingerprint density at radius 2 is 1.85 bits per heavy atom. The van der Waals surface area contributed by atoms with Crippen molar-refractivity contribution < 1.29 is 18.4 Å². The van der Waals surface area contributed by atoms with E-state index >= 15 is 0 Å². The van der Waals surface area contributed by atoms with Crippen LogP contribution in [0, 0.1) is 0 Å². The molecule has 0 saturated heterocycles. The molecule has 2 aromatic carbocycles. The summed E-state index contributed by atoms with van der Waals surface area (Å²) in [5, 5.41) is 0.319. The molecule has 0 radical (unpaired) electrons. The molecule has 0 unspecified atom stereocenters. The van der Waals surface area contributed by atoms with Crippen LogP contribution in [0.5, 0.6) is 5.75 Å². The molecule has 6 heteroatoms. The van der Waals surface area contributed by atoms with Gasteiger partial charge in [0.05, 0.1) is 17.2 Å². The fraction of sp³-hybridized carbons (Fsp3) is 0. The van der Waals surface area contributed by atoms with Gasteiger partial charge in [-0.05, 0) is 48.5 Å². The third-order valence-electron chi connectivity index (χ3n) is 3.73. The molecule has 0 amide bonds. The number of fused-ring (bicyclic) bond motifs is 1. The van der Waals surface area contributed by atoms with E-state index in [1.165, 1.54) is 18.4 Å². The Labute approximate surface area is 155 Å². The second-order valence-corrected chi connectivity index (χ2v) is 6.43. The first-order chi connectivity index (χ1) is 12.6. The molecular weight excluding hydrogens is 400 g/mol. The predicted molar refractivity (Wildman–Crippen MR) is 99.3 cm³/mol. The summed E-state index contributed by atoms with van der Waals surface area (Å²) >= 11 is 3.31. The van der Waals surface area contributed by atoms with Crippen LogP contribution < -0.4 is 10.2 Å². The summed E-state index contributed by atoms with van der Waals surface area (Å²) in [4.78, 5) is 24.6. The smallest absolute Gasteiger partial charge is 0.343 e. The standard InChI is InChI=1S/C20H11BrO5/c21-13-4-1-3-12(9-13)20(23)25-14-6-7-17-15(10-14)16(22)11-19(26-17)18-5-2-8-24-18/h1-11H. The second kappa shape index (κ2) is 6.65. The monoisotopic (exact) mass is 410 g/mol. The summed E-state index contributed by atoms with van der Waals surface area (Å²) in [6.45, 7) is 0. The van der Waals surface area contributed by atoms with E-state index in [-0.39, 0.29) is 11.2 Å². The van der Waals surface area contributed by atoms with Crippen molar-refractivity contribution in [1.82, 2.24) is 0 Å². The maximum Gasteiger partial charge on any atom is 0.343 e. The van der Waals surface area contributed by atoms with Crippen LogP contribution in [-0.2, 0) is 0 Å². The Kier molecular flexibility index (Phi) is 4.18. The van der Waals surface area contributed by atoms with Gasteiger partial charge in [-0.25, -0.2) is 4.79 Å². The van der Waals surface area contributed by atoms with Crippen LogP contribution in [0.4, 0.5) is 0 Å². The first-order valence-electron chi connectivity index (χ1n) is 7.70. The molecule has 2 heterocycles. The van der Waals surface area contributed by atoms with Gasteiger partial charge in [0, 0.05) is 10.5 Å². The Morgan fingerprint density at radius 1 is 0.962 bits per heavy atom. The molecule has 26 heavy (non-hydrogen) atoms. The molecule has 2 aromatic heterocycles. The Morgan fingerprint density at radius 3 is 2.62 bits per heavy atom. The largest absolute Gasteiger partial charge is 0.461 e. The molecule has 128 valence electrons. The summed E-state index contributed by atoms with van der Waals surface area (Å²) < 4.78 is 17.1. The minimum atomic E-state index is -0.512. The average molecular weight is 411 g/mol. The van der Waals surface area contributed by atoms with Crippen molar-refractivity contribution in [1.29, 1.82) is 0 Å². The molecular formula is C20H11BrO5. The van der Waals surface area contributed by atoms with Gasteiger partial charge >= 0.3 is 5.97 Å². The zero-order valence-corrected chi connectivity index (χ0v) is 14.9. The highest BCUT2D eigenvalue weighted by Gasteiger charge is 2.13. The highest BCUT2D eigenvalue weighted by Crippen LogP contribution is 2.25. The fourth-order valence-corrected chi connectivity index (χ4v) is 2.92. The molecule has 0 bridgehead atoms. The number of carbonyl (C=O) groups is 1. The summed E-state index contributed by atoms with van der Waals surface area (Å²) in [6.07, 6.45) is 1.50. The maximum absolute atomic E-state index is 12.4. The van der Waals surface area contributed by atoms with Crippen LogP contribution in [-0.4, -0.2) is 5.97 Å². The van der Waals surface area contributed by atoms with Crippen LogP contribution in [0.1, 0.15) is 10.4 Å². The Bertz CT molecular complexity index is 1160. The molecule has 0 atom stereocenters. The fourth-order valence-electron chi connectivity index (χ4n) is 2.52. The second-order valence-electron chi connectivity index (χ2n) is 5.51. The van der Waals surface area contributed by atoms with Gasteiger partial charge in [-0.1, -0.05) is 22.0 Å². The molecule has 0 N–H and O–H groups in total. The van der Waals surface area contributed by atoms with Crippen molar-refractivity contribution in [2.75, 3.05) is 0 Å². The third kappa shape index (κ3) is 3.19. The van der Waals surface area contributed by atoms with Crippen molar-refractivity contribution in [2.45, 2.75) is 0 Å². The minimum absolute atomic E-state index is 0.252. The number of hydrogen-bond acceptors (Lipinski definition) is 5. The van der Waals surface area contributed by atoms with Gasteiger partial charge in [0.2, 0.25) is 0 Å². The maximum atomic E-state index is 12.4. The summed E-state index contributed by atoms with van der Waals surface area (Å²) in [7, 11) is 0. The number of carbonyl (C=O) groups excluding carboxylic acids is 1. The molecule has 4 rings (SSSR count). The van der Waals surface area contributed by atoms with E-state index in [9.17, 15) is 9.59 Å². The number of benzene rings is 2. The van der Waals surface area contributed by atoms with E-state index < -0.39 is 5.97 Å². The van der Waals surface area contributed by atoms with Crippen molar-refractivity contribution in [2.24, 2.45) is 0 Å². The predicted octanol–water partition coefficient (Wildman–Crippen LogP) is 5.03. The molecule has 5 nitrogen and oxygen atoms in total. The van der Waals surface area contributed by atoms with E-state index in [4.69, 9.17) is 13.6 Å².